The fourth-order valence-corrected chi connectivity index (χ4v) is 2.23. The number of carbonyl (C=O) groups is 2. The Kier molecular flexibility index (Phi) is 5.80. The molecule has 0 aliphatic heterocycles. The van der Waals surface area contributed by atoms with Crippen LogP contribution >= 0.6 is 0 Å². The van der Waals surface area contributed by atoms with Crippen molar-refractivity contribution in [1.29, 1.82) is 0 Å². The molecule has 1 aliphatic rings. The normalized spacial score (nSPS) is 23.7. The SMILES string of the molecule is O=C(NCC(F)F)NCC1CCCCC1C(=O)O. The highest BCUT2D eigenvalue weighted by Gasteiger charge is 2.30. The van der Waals surface area contributed by atoms with Crippen LogP contribution in [0.3, 0.4) is 0 Å². The molecule has 0 aromatic carbocycles. The Labute approximate surface area is 104 Å². The summed E-state index contributed by atoms with van der Waals surface area (Å²) in [6.45, 7) is -0.481. The number of rotatable bonds is 5. The molecule has 104 valence electrons. The summed E-state index contributed by atoms with van der Waals surface area (Å²) in [4.78, 5) is 22.2. The third-order valence-electron chi connectivity index (χ3n) is 3.17. The van der Waals surface area contributed by atoms with Gasteiger partial charge in [0.25, 0.3) is 6.43 Å². The average molecular weight is 264 g/mol. The first kappa shape index (κ1) is 14.7. The number of carboxylic acids is 1. The molecule has 18 heavy (non-hydrogen) atoms. The third kappa shape index (κ3) is 4.85. The number of amides is 2. The van der Waals surface area contributed by atoms with Crippen LogP contribution in [0.5, 0.6) is 0 Å². The van der Waals surface area contributed by atoms with Gasteiger partial charge in [-0.15, -0.1) is 0 Å². The van der Waals surface area contributed by atoms with E-state index in [0.29, 0.717) is 6.42 Å². The summed E-state index contributed by atoms with van der Waals surface area (Å²) in [5, 5.41) is 13.5. The second-order valence-electron chi connectivity index (χ2n) is 4.47. The topological polar surface area (TPSA) is 78.4 Å². The summed E-state index contributed by atoms with van der Waals surface area (Å²) < 4.78 is 23.7. The first-order chi connectivity index (χ1) is 8.50. The van der Waals surface area contributed by atoms with Gasteiger partial charge >= 0.3 is 12.0 Å². The van der Waals surface area contributed by atoms with E-state index in [1.54, 1.807) is 0 Å². The molecule has 0 bridgehead atoms. The molecule has 3 N–H and O–H groups in total. The van der Waals surface area contributed by atoms with Crippen molar-refractivity contribution in [2.24, 2.45) is 11.8 Å². The van der Waals surface area contributed by atoms with Crippen molar-refractivity contribution in [3.05, 3.63) is 0 Å². The summed E-state index contributed by atoms with van der Waals surface area (Å²) in [5.41, 5.74) is 0. The largest absolute Gasteiger partial charge is 0.481 e. The van der Waals surface area contributed by atoms with Crippen LogP contribution in [0.15, 0.2) is 0 Å². The fourth-order valence-electron chi connectivity index (χ4n) is 2.23. The first-order valence-corrected chi connectivity index (χ1v) is 6.03. The monoisotopic (exact) mass is 264 g/mol. The summed E-state index contributed by atoms with van der Waals surface area (Å²) in [6.07, 6.45) is 0.587. The molecule has 2 unspecified atom stereocenters. The Morgan fingerprint density at radius 3 is 2.50 bits per heavy atom. The van der Waals surface area contributed by atoms with Gasteiger partial charge in [0.05, 0.1) is 12.5 Å². The predicted molar refractivity (Wildman–Crippen MR) is 60.5 cm³/mol. The minimum absolute atomic E-state index is 0.117. The molecule has 2 atom stereocenters. The van der Waals surface area contributed by atoms with Crippen molar-refractivity contribution in [1.82, 2.24) is 10.6 Å². The molecule has 1 aliphatic carbocycles. The molecule has 2 amide bonds. The molecular formula is C11H18F2N2O3. The maximum Gasteiger partial charge on any atom is 0.314 e. The standard InChI is InChI=1S/C11H18F2N2O3/c12-9(13)6-15-11(18)14-5-7-3-1-2-4-8(7)10(16)17/h7-9H,1-6H2,(H,16,17)(H2,14,15,18). The Bertz CT molecular complexity index is 300. The summed E-state index contributed by atoms with van der Waals surface area (Å²) >= 11 is 0. The Balaban J connectivity index is 2.31. The zero-order valence-corrected chi connectivity index (χ0v) is 9.99. The number of carbonyl (C=O) groups excluding carboxylic acids is 1. The number of hydrogen-bond acceptors (Lipinski definition) is 2. The van der Waals surface area contributed by atoms with Crippen molar-refractivity contribution in [2.45, 2.75) is 32.1 Å². The molecule has 0 spiro atoms. The quantitative estimate of drug-likeness (QED) is 0.703. The number of urea groups is 1. The van der Waals surface area contributed by atoms with Crippen LogP contribution in [0.4, 0.5) is 13.6 Å². The summed E-state index contributed by atoms with van der Waals surface area (Å²) in [6, 6.07) is -0.676. The van der Waals surface area contributed by atoms with Crippen molar-refractivity contribution < 1.29 is 23.5 Å². The molecule has 0 aromatic heterocycles. The van der Waals surface area contributed by atoms with E-state index < -0.39 is 30.9 Å². The van der Waals surface area contributed by atoms with E-state index in [4.69, 9.17) is 5.11 Å². The second-order valence-corrected chi connectivity index (χ2v) is 4.47. The third-order valence-corrected chi connectivity index (χ3v) is 3.17. The van der Waals surface area contributed by atoms with Gasteiger partial charge in [-0.25, -0.2) is 13.6 Å². The number of hydrogen-bond donors (Lipinski definition) is 3. The zero-order valence-electron chi connectivity index (χ0n) is 9.99. The number of nitrogens with one attached hydrogen (secondary N) is 2. The minimum Gasteiger partial charge on any atom is -0.481 e. The Morgan fingerprint density at radius 1 is 1.22 bits per heavy atom. The van der Waals surface area contributed by atoms with Gasteiger partial charge < -0.3 is 15.7 Å². The second kappa shape index (κ2) is 7.13. The van der Waals surface area contributed by atoms with E-state index in [2.05, 4.69) is 5.32 Å². The van der Waals surface area contributed by atoms with Crippen LogP contribution < -0.4 is 10.6 Å². The number of aliphatic carboxylic acids is 1. The Morgan fingerprint density at radius 2 is 1.89 bits per heavy atom. The van der Waals surface area contributed by atoms with E-state index in [1.807, 2.05) is 5.32 Å². The van der Waals surface area contributed by atoms with Crippen molar-refractivity contribution in [3.8, 4) is 0 Å². The van der Waals surface area contributed by atoms with E-state index in [0.717, 1.165) is 19.3 Å². The van der Waals surface area contributed by atoms with Crippen LogP contribution in [0.25, 0.3) is 0 Å². The molecule has 0 heterocycles. The number of carboxylic acid groups (broad SMARTS) is 1. The number of alkyl halides is 2. The smallest absolute Gasteiger partial charge is 0.314 e. The molecule has 0 radical (unpaired) electrons. The van der Waals surface area contributed by atoms with Gasteiger partial charge in [-0.3, -0.25) is 4.79 Å². The summed E-state index contributed by atoms with van der Waals surface area (Å²) in [7, 11) is 0. The molecular weight excluding hydrogens is 246 g/mol. The fraction of sp³-hybridized carbons (Fsp3) is 0.818. The van der Waals surface area contributed by atoms with Crippen molar-refractivity contribution in [3.63, 3.8) is 0 Å². The molecule has 7 heteroatoms. The molecule has 0 aromatic rings. The highest BCUT2D eigenvalue weighted by molar-refractivity contribution is 5.74. The van der Waals surface area contributed by atoms with Gasteiger partial charge in [-0.05, 0) is 18.8 Å². The van der Waals surface area contributed by atoms with E-state index in [-0.39, 0.29) is 12.5 Å². The van der Waals surface area contributed by atoms with E-state index in [1.165, 1.54) is 0 Å². The lowest BCUT2D eigenvalue weighted by Gasteiger charge is -2.28. The molecule has 5 nitrogen and oxygen atoms in total. The molecule has 1 saturated carbocycles. The van der Waals surface area contributed by atoms with Crippen molar-refractivity contribution in [2.75, 3.05) is 13.1 Å². The van der Waals surface area contributed by atoms with Crippen LogP contribution in [0.1, 0.15) is 25.7 Å². The molecule has 1 rings (SSSR count). The Hall–Kier alpha value is -1.40. The van der Waals surface area contributed by atoms with Gasteiger partial charge in [0.2, 0.25) is 0 Å². The highest BCUT2D eigenvalue weighted by Crippen LogP contribution is 2.29. The van der Waals surface area contributed by atoms with Crippen LogP contribution in [-0.2, 0) is 4.79 Å². The lowest BCUT2D eigenvalue weighted by atomic mass is 9.79. The van der Waals surface area contributed by atoms with Gasteiger partial charge in [-0.2, -0.15) is 0 Å². The molecule has 1 fully saturated rings. The van der Waals surface area contributed by atoms with Gasteiger partial charge in [0.15, 0.2) is 0 Å². The zero-order chi connectivity index (χ0) is 13.5. The molecule has 0 saturated heterocycles. The van der Waals surface area contributed by atoms with Crippen LogP contribution in [-0.4, -0.2) is 36.6 Å². The predicted octanol–water partition coefficient (Wildman–Crippen LogP) is 1.44. The number of halogens is 2. The van der Waals surface area contributed by atoms with Crippen molar-refractivity contribution >= 4 is 12.0 Å². The maximum absolute atomic E-state index is 11.8. The lowest BCUT2D eigenvalue weighted by Crippen LogP contribution is -2.43. The maximum atomic E-state index is 11.8. The minimum atomic E-state index is -2.59. The van der Waals surface area contributed by atoms with Crippen LogP contribution in [0.2, 0.25) is 0 Å². The lowest BCUT2D eigenvalue weighted by molar-refractivity contribution is -0.144. The van der Waals surface area contributed by atoms with Crippen LogP contribution in [0, 0.1) is 11.8 Å². The first-order valence-electron chi connectivity index (χ1n) is 6.03. The highest BCUT2D eigenvalue weighted by atomic mass is 19.3. The van der Waals surface area contributed by atoms with E-state index in [9.17, 15) is 18.4 Å². The van der Waals surface area contributed by atoms with Gasteiger partial charge in [0, 0.05) is 6.54 Å². The average Bonchev–Trinajstić information content (AvgIpc) is 2.34. The van der Waals surface area contributed by atoms with E-state index >= 15 is 0 Å². The van der Waals surface area contributed by atoms with Gasteiger partial charge in [0.1, 0.15) is 0 Å². The summed E-state index contributed by atoms with van der Waals surface area (Å²) in [5.74, 6) is -1.42. The van der Waals surface area contributed by atoms with Gasteiger partial charge in [-0.1, -0.05) is 12.8 Å².